The topological polar surface area (TPSA) is 69.6 Å². The van der Waals surface area contributed by atoms with E-state index in [1.807, 2.05) is 13.8 Å². The Balaban J connectivity index is 1.90. The lowest BCUT2D eigenvalue weighted by Crippen LogP contribution is -2.48. The van der Waals surface area contributed by atoms with Crippen LogP contribution in [0.5, 0.6) is 0 Å². The summed E-state index contributed by atoms with van der Waals surface area (Å²) in [5, 5.41) is 12.1. The fourth-order valence-electron chi connectivity index (χ4n) is 3.34. The van der Waals surface area contributed by atoms with E-state index in [9.17, 15) is 9.59 Å². The number of likely N-dealkylation sites (N-methyl/N-ethyl adjacent to an activating group) is 1. The van der Waals surface area contributed by atoms with Crippen LogP contribution in [0.25, 0.3) is 0 Å². The molecule has 1 unspecified atom stereocenters. The predicted octanol–water partition coefficient (Wildman–Crippen LogP) is 0.944. The van der Waals surface area contributed by atoms with Gasteiger partial charge in [0.05, 0.1) is 11.8 Å². The molecule has 5 nitrogen and oxygen atoms in total. The number of nitrogens with one attached hydrogen (secondary N) is 1. The van der Waals surface area contributed by atoms with Crippen molar-refractivity contribution in [2.24, 2.45) is 17.3 Å². The minimum atomic E-state index is -0.857. The fourth-order valence-corrected chi connectivity index (χ4v) is 3.34. The molecule has 3 atom stereocenters. The summed E-state index contributed by atoms with van der Waals surface area (Å²) >= 11 is 0. The molecule has 0 spiro atoms. The van der Waals surface area contributed by atoms with Crippen molar-refractivity contribution >= 4 is 11.9 Å². The second-order valence-electron chi connectivity index (χ2n) is 6.36. The first-order valence-electron chi connectivity index (χ1n) is 7.13. The summed E-state index contributed by atoms with van der Waals surface area (Å²) in [6.45, 7) is 8.81. The van der Waals surface area contributed by atoms with E-state index in [4.69, 9.17) is 5.11 Å². The van der Waals surface area contributed by atoms with Crippen molar-refractivity contribution in [3.63, 3.8) is 0 Å². The van der Waals surface area contributed by atoms with Crippen LogP contribution < -0.4 is 5.32 Å². The highest BCUT2D eigenvalue weighted by molar-refractivity contribution is 5.91. The Morgan fingerprint density at radius 2 is 2.05 bits per heavy atom. The molecule has 0 bridgehead atoms. The molecule has 108 valence electrons. The van der Waals surface area contributed by atoms with Crippen molar-refractivity contribution in [2.75, 3.05) is 19.6 Å². The maximum Gasteiger partial charge on any atom is 0.307 e. The number of nitrogens with zero attached hydrogens (tertiary/aromatic N) is 1. The Morgan fingerprint density at radius 3 is 2.58 bits per heavy atom. The van der Waals surface area contributed by atoms with Crippen molar-refractivity contribution in [1.82, 2.24) is 10.2 Å². The summed E-state index contributed by atoms with van der Waals surface area (Å²) in [6.07, 6.45) is 2.09. The number of carboxylic acid groups (broad SMARTS) is 1. The van der Waals surface area contributed by atoms with Gasteiger partial charge in [-0.25, -0.2) is 0 Å². The number of likely N-dealkylation sites (tertiary alicyclic amines) is 1. The second-order valence-corrected chi connectivity index (χ2v) is 6.36. The van der Waals surface area contributed by atoms with Crippen molar-refractivity contribution < 1.29 is 14.7 Å². The first kappa shape index (κ1) is 14.3. The van der Waals surface area contributed by atoms with E-state index in [1.54, 1.807) is 0 Å². The summed E-state index contributed by atoms with van der Waals surface area (Å²) in [5.74, 6) is -1.84. The Kier molecular flexibility index (Phi) is 3.85. The van der Waals surface area contributed by atoms with Crippen LogP contribution in [0.15, 0.2) is 0 Å². The molecule has 5 heteroatoms. The van der Waals surface area contributed by atoms with Crippen LogP contribution in [0.2, 0.25) is 0 Å². The van der Waals surface area contributed by atoms with Gasteiger partial charge in [0.15, 0.2) is 0 Å². The van der Waals surface area contributed by atoms with Gasteiger partial charge in [-0.2, -0.15) is 0 Å². The SMILES string of the molecule is CCN1CCCC(NC(=O)[C@H]2[C@@H](C(=O)O)C2(C)C)C1. The third-order valence-corrected chi connectivity index (χ3v) is 4.67. The molecular formula is C14H24N2O3. The Morgan fingerprint density at radius 1 is 1.37 bits per heavy atom. The molecule has 0 radical (unpaired) electrons. The molecular weight excluding hydrogens is 244 g/mol. The third kappa shape index (κ3) is 2.76. The van der Waals surface area contributed by atoms with Gasteiger partial charge in [0.25, 0.3) is 0 Å². The minimum Gasteiger partial charge on any atom is -0.481 e. The molecule has 1 aliphatic carbocycles. The molecule has 1 saturated carbocycles. The van der Waals surface area contributed by atoms with E-state index >= 15 is 0 Å². The molecule has 2 N–H and O–H groups in total. The van der Waals surface area contributed by atoms with Crippen LogP contribution in [0.1, 0.15) is 33.6 Å². The molecule has 1 saturated heterocycles. The van der Waals surface area contributed by atoms with Gasteiger partial charge < -0.3 is 15.3 Å². The Bertz CT molecular complexity index is 381. The van der Waals surface area contributed by atoms with Crippen LogP contribution in [-0.4, -0.2) is 47.6 Å². The average Bonchev–Trinajstić information content (AvgIpc) is 2.93. The van der Waals surface area contributed by atoms with Gasteiger partial charge in [-0.1, -0.05) is 20.8 Å². The molecule has 19 heavy (non-hydrogen) atoms. The lowest BCUT2D eigenvalue weighted by Gasteiger charge is -2.32. The van der Waals surface area contributed by atoms with Gasteiger partial charge >= 0.3 is 5.97 Å². The molecule has 2 aliphatic rings. The monoisotopic (exact) mass is 268 g/mol. The number of aliphatic carboxylic acids is 1. The number of hydrogen-bond acceptors (Lipinski definition) is 3. The smallest absolute Gasteiger partial charge is 0.307 e. The highest BCUT2D eigenvalue weighted by atomic mass is 16.4. The second kappa shape index (κ2) is 5.12. The minimum absolute atomic E-state index is 0.0830. The molecule has 2 fully saturated rings. The average molecular weight is 268 g/mol. The van der Waals surface area contributed by atoms with Crippen molar-refractivity contribution in [1.29, 1.82) is 0 Å². The highest BCUT2D eigenvalue weighted by Crippen LogP contribution is 2.58. The molecule has 0 aromatic rings. The quantitative estimate of drug-likeness (QED) is 0.796. The fraction of sp³-hybridized carbons (Fsp3) is 0.857. The normalized spacial score (nSPS) is 33.7. The standard InChI is InChI=1S/C14H24N2O3/c1-4-16-7-5-6-9(8-16)15-12(17)10-11(13(18)19)14(10,2)3/h9-11H,4-8H2,1-3H3,(H,15,17)(H,18,19)/t9?,10-,11+/m1/s1. The van der Waals surface area contributed by atoms with E-state index < -0.39 is 17.3 Å². The Labute approximate surface area is 114 Å². The summed E-state index contributed by atoms with van der Waals surface area (Å²) in [7, 11) is 0. The maximum atomic E-state index is 12.2. The zero-order valence-electron chi connectivity index (χ0n) is 12.0. The first-order valence-corrected chi connectivity index (χ1v) is 7.13. The number of rotatable bonds is 4. The van der Waals surface area contributed by atoms with Gasteiger partial charge in [0, 0.05) is 12.6 Å². The first-order chi connectivity index (χ1) is 8.87. The van der Waals surface area contributed by atoms with E-state index in [0.29, 0.717) is 0 Å². The molecule has 1 heterocycles. The van der Waals surface area contributed by atoms with Crippen molar-refractivity contribution in [3.8, 4) is 0 Å². The molecule has 0 aromatic heterocycles. The van der Waals surface area contributed by atoms with Gasteiger partial charge in [-0.15, -0.1) is 0 Å². The third-order valence-electron chi connectivity index (χ3n) is 4.67. The van der Waals surface area contributed by atoms with Crippen LogP contribution in [-0.2, 0) is 9.59 Å². The largest absolute Gasteiger partial charge is 0.481 e. The lowest BCUT2D eigenvalue weighted by atomic mass is 10.0. The van der Waals surface area contributed by atoms with Crippen LogP contribution in [0.4, 0.5) is 0 Å². The number of carbonyl (C=O) groups is 2. The Hall–Kier alpha value is -1.10. The summed E-state index contributed by atoms with van der Waals surface area (Å²) < 4.78 is 0. The molecule has 1 amide bonds. The van der Waals surface area contributed by atoms with Crippen LogP contribution in [0.3, 0.4) is 0 Å². The molecule has 1 aliphatic heterocycles. The number of amides is 1. The van der Waals surface area contributed by atoms with Crippen molar-refractivity contribution in [3.05, 3.63) is 0 Å². The predicted molar refractivity (Wildman–Crippen MR) is 71.7 cm³/mol. The van der Waals surface area contributed by atoms with Gasteiger partial charge in [-0.05, 0) is 31.3 Å². The van der Waals surface area contributed by atoms with E-state index in [1.165, 1.54) is 0 Å². The molecule has 2 rings (SSSR count). The van der Waals surface area contributed by atoms with Gasteiger partial charge in [-0.3, -0.25) is 9.59 Å². The van der Waals surface area contributed by atoms with Gasteiger partial charge in [0.2, 0.25) is 5.91 Å². The zero-order chi connectivity index (χ0) is 14.2. The van der Waals surface area contributed by atoms with Crippen molar-refractivity contribution in [2.45, 2.75) is 39.7 Å². The number of carboxylic acids is 1. The van der Waals surface area contributed by atoms with Crippen LogP contribution in [0, 0.1) is 17.3 Å². The van der Waals surface area contributed by atoms with E-state index in [2.05, 4.69) is 17.1 Å². The molecule has 0 aromatic carbocycles. The van der Waals surface area contributed by atoms with Crippen LogP contribution >= 0.6 is 0 Å². The zero-order valence-corrected chi connectivity index (χ0v) is 12.0. The summed E-state index contributed by atoms with van der Waals surface area (Å²) in [6, 6.07) is 0.173. The van der Waals surface area contributed by atoms with Gasteiger partial charge in [0.1, 0.15) is 0 Å². The summed E-state index contributed by atoms with van der Waals surface area (Å²) in [4.78, 5) is 25.6. The highest BCUT2D eigenvalue weighted by Gasteiger charge is 2.66. The maximum absolute atomic E-state index is 12.2. The van der Waals surface area contributed by atoms with E-state index in [-0.39, 0.29) is 17.9 Å². The summed E-state index contributed by atoms with van der Waals surface area (Å²) in [5.41, 5.74) is -0.408. The lowest BCUT2D eigenvalue weighted by molar-refractivity contribution is -0.140. The number of piperidine rings is 1. The number of hydrogen-bond donors (Lipinski definition) is 2. The van der Waals surface area contributed by atoms with E-state index in [0.717, 1.165) is 32.5 Å². The number of carbonyl (C=O) groups excluding carboxylic acids is 1.